The number of aromatic nitrogens is 1. The van der Waals surface area contributed by atoms with Crippen LogP contribution < -0.4 is 21.3 Å². The van der Waals surface area contributed by atoms with E-state index >= 15 is 0 Å². The minimum atomic E-state index is -0.0575. The molecule has 2 aliphatic rings. The number of rotatable bonds is 4. The molecule has 3 rings (SSSR count). The fourth-order valence-electron chi connectivity index (χ4n) is 2.59. The number of nitrogens with two attached hydrogens (primary N) is 1. The van der Waals surface area contributed by atoms with Crippen molar-refractivity contribution in [1.82, 2.24) is 10.3 Å². The van der Waals surface area contributed by atoms with Crippen LogP contribution in [-0.4, -0.2) is 42.8 Å². The average molecular weight is 305 g/mol. The SMILES string of the molecule is NCCN1CCc2c(NC(=O)C3=CNCCS3)ccnc21. The molecule has 0 fully saturated rings. The summed E-state index contributed by atoms with van der Waals surface area (Å²) >= 11 is 1.58. The summed E-state index contributed by atoms with van der Waals surface area (Å²) in [6, 6.07) is 1.87. The fraction of sp³-hybridized carbons (Fsp3) is 0.429. The predicted molar refractivity (Wildman–Crippen MR) is 86.4 cm³/mol. The Balaban J connectivity index is 1.78. The maximum atomic E-state index is 12.3. The van der Waals surface area contributed by atoms with Gasteiger partial charge < -0.3 is 21.3 Å². The van der Waals surface area contributed by atoms with Crippen LogP contribution in [0.5, 0.6) is 0 Å². The quantitative estimate of drug-likeness (QED) is 0.752. The minimum absolute atomic E-state index is 0.0575. The van der Waals surface area contributed by atoms with Gasteiger partial charge in [-0.15, -0.1) is 11.8 Å². The monoisotopic (exact) mass is 305 g/mol. The smallest absolute Gasteiger partial charge is 0.263 e. The van der Waals surface area contributed by atoms with Crippen molar-refractivity contribution in [1.29, 1.82) is 0 Å². The van der Waals surface area contributed by atoms with Crippen molar-refractivity contribution < 1.29 is 4.79 Å². The molecule has 21 heavy (non-hydrogen) atoms. The molecule has 1 aromatic rings. The number of hydrogen-bond acceptors (Lipinski definition) is 6. The molecule has 0 unspecified atom stereocenters. The molecule has 7 heteroatoms. The van der Waals surface area contributed by atoms with Crippen LogP contribution in [0.25, 0.3) is 0 Å². The summed E-state index contributed by atoms with van der Waals surface area (Å²) in [6.45, 7) is 3.21. The lowest BCUT2D eigenvalue weighted by Crippen LogP contribution is -2.27. The molecule has 0 atom stereocenters. The van der Waals surface area contributed by atoms with Crippen LogP contribution in [-0.2, 0) is 11.2 Å². The molecule has 6 nitrogen and oxygen atoms in total. The molecule has 0 saturated carbocycles. The lowest BCUT2D eigenvalue weighted by Gasteiger charge is -2.18. The molecule has 1 aromatic heterocycles. The van der Waals surface area contributed by atoms with Gasteiger partial charge in [0.15, 0.2) is 0 Å². The molecule has 1 amide bonds. The van der Waals surface area contributed by atoms with E-state index in [1.807, 2.05) is 6.07 Å². The van der Waals surface area contributed by atoms with Crippen molar-refractivity contribution in [3.63, 3.8) is 0 Å². The number of anilines is 2. The van der Waals surface area contributed by atoms with Crippen LogP contribution in [0.15, 0.2) is 23.4 Å². The normalized spacial score (nSPS) is 17.0. The summed E-state index contributed by atoms with van der Waals surface area (Å²) < 4.78 is 0. The van der Waals surface area contributed by atoms with E-state index in [1.54, 1.807) is 24.2 Å². The van der Waals surface area contributed by atoms with Crippen molar-refractivity contribution in [3.05, 3.63) is 28.9 Å². The standard InChI is InChI=1S/C14H19N5OS/c15-3-7-19-6-2-10-11(1-4-17-13(10)19)18-14(20)12-9-16-5-8-21-12/h1,4,9,16H,2-3,5-8,15H2,(H,17,18,20). The number of amides is 1. The summed E-state index contributed by atoms with van der Waals surface area (Å²) in [4.78, 5) is 19.6. The Labute approximate surface area is 128 Å². The van der Waals surface area contributed by atoms with Crippen LogP contribution in [0, 0.1) is 0 Å². The van der Waals surface area contributed by atoms with Gasteiger partial charge in [0.1, 0.15) is 5.82 Å². The molecule has 2 aliphatic heterocycles. The maximum Gasteiger partial charge on any atom is 0.263 e. The van der Waals surface area contributed by atoms with Crippen LogP contribution >= 0.6 is 11.8 Å². The van der Waals surface area contributed by atoms with E-state index in [9.17, 15) is 4.79 Å². The Morgan fingerprint density at radius 2 is 2.48 bits per heavy atom. The molecular formula is C14H19N5OS. The second-order valence-electron chi connectivity index (χ2n) is 4.95. The van der Waals surface area contributed by atoms with Crippen LogP contribution in [0.2, 0.25) is 0 Å². The van der Waals surface area contributed by atoms with E-state index in [4.69, 9.17) is 5.73 Å². The zero-order valence-corrected chi connectivity index (χ0v) is 12.6. The van der Waals surface area contributed by atoms with Gasteiger partial charge in [-0.3, -0.25) is 4.79 Å². The van der Waals surface area contributed by atoms with Gasteiger partial charge in [0.25, 0.3) is 5.91 Å². The fourth-order valence-corrected chi connectivity index (χ4v) is 3.37. The molecule has 0 radical (unpaired) electrons. The highest BCUT2D eigenvalue weighted by molar-refractivity contribution is 8.04. The van der Waals surface area contributed by atoms with Gasteiger partial charge in [-0.25, -0.2) is 4.98 Å². The second kappa shape index (κ2) is 6.36. The minimum Gasteiger partial charge on any atom is -0.389 e. The molecule has 0 aromatic carbocycles. The first kappa shape index (κ1) is 14.2. The highest BCUT2D eigenvalue weighted by Gasteiger charge is 2.24. The van der Waals surface area contributed by atoms with Crippen molar-refractivity contribution >= 4 is 29.2 Å². The first-order valence-corrected chi connectivity index (χ1v) is 8.09. The number of hydrogen-bond donors (Lipinski definition) is 3. The third-order valence-corrected chi connectivity index (χ3v) is 4.59. The number of nitrogens with zero attached hydrogens (tertiary/aromatic N) is 2. The van der Waals surface area contributed by atoms with Crippen molar-refractivity contribution in [2.45, 2.75) is 6.42 Å². The molecule has 112 valence electrons. The second-order valence-corrected chi connectivity index (χ2v) is 6.09. The van der Waals surface area contributed by atoms with Crippen molar-refractivity contribution in [2.24, 2.45) is 5.73 Å². The third-order valence-electron chi connectivity index (χ3n) is 3.57. The number of carbonyl (C=O) groups excluding carboxylic acids is 1. The summed E-state index contributed by atoms with van der Waals surface area (Å²) in [5, 5.41) is 6.11. The van der Waals surface area contributed by atoms with Gasteiger partial charge in [0, 0.05) is 55.6 Å². The summed E-state index contributed by atoms with van der Waals surface area (Å²) in [7, 11) is 0. The van der Waals surface area contributed by atoms with Gasteiger partial charge in [-0.2, -0.15) is 0 Å². The number of carbonyl (C=O) groups is 1. The average Bonchev–Trinajstić information content (AvgIpc) is 2.93. The molecule has 4 N–H and O–H groups in total. The maximum absolute atomic E-state index is 12.3. The Morgan fingerprint density at radius 1 is 1.57 bits per heavy atom. The Morgan fingerprint density at radius 3 is 3.24 bits per heavy atom. The van der Waals surface area contributed by atoms with Crippen LogP contribution in [0.3, 0.4) is 0 Å². The number of fused-ring (bicyclic) bond motifs is 1. The first-order valence-electron chi connectivity index (χ1n) is 7.10. The zero-order chi connectivity index (χ0) is 14.7. The molecule has 0 saturated heterocycles. The lowest BCUT2D eigenvalue weighted by molar-refractivity contribution is -0.112. The largest absolute Gasteiger partial charge is 0.389 e. The Kier molecular flexibility index (Phi) is 4.31. The van der Waals surface area contributed by atoms with Crippen molar-refractivity contribution in [2.75, 3.05) is 42.1 Å². The molecule has 0 aliphatic carbocycles. The first-order chi connectivity index (χ1) is 10.3. The Bertz CT molecular complexity index is 574. The summed E-state index contributed by atoms with van der Waals surface area (Å²) in [5.74, 6) is 1.80. The van der Waals surface area contributed by atoms with Crippen molar-refractivity contribution in [3.8, 4) is 0 Å². The number of pyridine rings is 1. The van der Waals surface area contributed by atoms with Gasteiger partial charge in [-0.1, -0.05) is 0 Å². The third kappa shape index (κ3) is 2.98. The molecule has 0 bridgehead atoms. The predicted octanol–water partition coefficient (Wildman–Crippen LogP) is 0.519. The van der Waals surface area contributed by atoms with E-state index in [-0.39, 0.29) is 5.91 Å². The molecular weight excluding hydrogens is 286 g/mol. The molecule has 3 heterocycles. The van der Waals surface area contributed by atoms with Gasteiger partial charge in [-0.05, 0) is 12.5 Å². The Hall–Kier alpha value is -1.73. The van der Waals surface area contributed by atoms with E-state index in [0.29, 0.717) is 6.54 Å². The zero-order valence-electron chi connectivity index (χ0n) is 11.8. The van der Waals surface area contributed by atoms with Gasteiger partial charge in [0.05, 0.1) is 4.91 Å². The summed E-state index contributed by atoms with van der Waals surface area (Å²) in [6.07, 6.45) is 4.42. The van der Waals surface area contributed by atoms with Gasteiger partial charge in [0.2, 0.25) is 0 Å². The van der Waals surface area contributed by atoms with E-state index < -0.39 is 0 Å². The lowest BCUT2D eigenvalue weighted by atomic mass is 10.2. The highest BCUT2D eigenvalue weighted by atomic mass is 32.2. The molecule has 0 spiro atoms. The van der Waals surface area contributed by atoms with Crippen LogP contribution in [0.4, 0.5) is 11.5 Å². The highest BCUT2D eigenvalue weighted by Crippen LogP contribution is 2.31. The number of nitrogens with one attached hydrogen (secondary N) is 2. The van der Waals surface area contributed by atoms with Gasteiger partial charge >= 0.3 is 0 Å². The van der Waals surface area contributed by atoms with Crippen LogP contribution in [0.1, 0.15) is 5.56 Å². The summed E-state index contributed by atoms with van der Waals surface area (Å²) in [5.41, 5.74) is 7.59. The number of thioether (sulfide) groups is 1. The topological polar surface area (TPSA) is 83.3 Å². The van der Waals surface area contributed by atoms with E-state index in [0.717, 1.165) is 53.8 Å². The van der Waals surface area contributed by atoms with E-state index in [1.165, 1.54) is 0 Å². The van der Waals surface area contributed by atoms with E-state index in [2.05, 4.69) is 20.5 Å².